The maximum absolute atomic E-state index is 10.1. The SMILES string of the molecule is OCC1(CC2CCCCO2)CCN(Cc2cnc(-c3ccccc3)s2)CC1. The number of nitrogens with zero attached hydrogens (tertiary/aromatic N) is 2. The van der Waals surface area contributed by atoms with Crippen molar-refractivity contribution in [2.75, 3.05) is 26.3 Å². The average molecular weight is 387 g/mol. The van der Waals surface area contributed by atoms with Gasteiger partial charge in [0.2, 0.25) is 0 Å². The Labute approximate surface area is 166 Å². The van der Waals surface area contributed by atoms with Gasteiger partial charge in [0.05, 0.1) is 6.10 Å². The zero-order valence-electron chi connectivity index (χ0n) is 16.0. The highest BCUT2D eigenvalue weighted by molar-refractivity contribution is 7.15. The van der Waals surface area contributed by atoms with E-state index in [2.05, 4.69) is 34.1 Å². The summed E-state index contributed by atoms with van der Waals surface area (Å²) in [7, 11) is 0. The largest absolute Gasteiger partial charge is 0.396 e. The Morgan fingerprint density at radius 3 is 2.70 bits per heavy atom. The molecule has 1 unspecified atom stereocenters. The van der Waals surface area contributed by atoms with Crippen LogP contribution in [0.25, 0.3) is 10.6 Å². The van der Waals surface area contributed by atoms with Crippen LogP contribution in [0.3, 0.4) is 0 Å². The maximum atomic E-state index is 10.1. The number of thiazole rings is 1. The van der Waals surface area contributed by atoms with Crippen LogP contribution in [-0.4, -0.2) is 47.4 Å². The van der Waals surface area contributed by atoms with E-state index in [1.54, 1.807) is 11.3 Å². The predicted molar refractivity (Wildman–Crippen MR) is 110 cm³/mol. The molecule has 0 saturated carbocycles. The summed E-state index contributed by atoms with van der Waals surface area (Å²) in [6.45, 7) is 4.25. The lowest BCUT2D eigenvalue weighted by Gasteiger charge is -2.43. The van der Waals surface area contributed by atoms with E-state index in [1.807, 2.05) is 12.3 Å². The second-order valence-electron chi connectivity index (χ2n) is 8.12. The average Bonchev–Trinajstić information content (AvgIpc) is 3.20. The predicted octanol–water partition coefficient (Wildman–Crippen LogP) is 4.34. The number of aliphatic hydroxyl groups is 1. The van der Waals surface area contributed by atoms with E-state index in [-0.39, 0.29) is 5.41 Å². The molecule has 2 aliphatic rings. The van der Waals surface area contributed by atoms with Crippen molar-refractivity contribution in [3.63, 3.8) is 0 Å². The molecule has 2 saturated heterocycles. The summed E-state index contributed by atoms with van der Waals surface area (Å²) < 4.78 is 5.94. The van der Waals surface area contributed by atoms with Crippen LogP contribution in [0.2, 0.25) is 0 Å². The fourth-order valence-electron chi connectivity index (χ4n) is 4.38. The third-order valence-corrected chi connectivity index (χ3v) is 7.17. The number of rotatable bonds is 6. The van der Waals surface area contributed by atoms with Crippen molar-refractivity contribution in [1.29, 1.82) is 0 Å². The van der Waals surface area contributed by atoms with E-state index in [0.717, 1.165) is 56.9 Å². The number of aromatic nitrogens is 1. The number of hydrogen-bond donors (Lipinski definition) is 1. The highest BCUT2D eigenvalue weighted by Crippen LogP contribution is 2.38. The lowest BCUT2D eigenvalue weighted by molar-refractivity contribution is -0.0485. The Balaban J connectivity index is 1.32. The molecular formula is C22H30N2O2S. The standard InChI is InChI=1S/C22H30N2O2S/c25-17-22(14-19-8-4-5-13-26-19)9-11-24(12-10-22)16-20-15-23-21(27-20)18-6-2-1-3-7-18/h1-3,6-7,15,19,25H,4-5,8-14,16-17H2. The molecule has 1 aromatic heterocycles. The lowest BCUT2D eigenvalue weighted by atomic mass is 9.74. The number of likely N-dealkylation sites (tertiary alicyclic amines) is 1. The van der Waals surface area contributed by atoms with Gasteiger partial charge in [0.1, 0.15) is 5.01 Å². The number of benzene rings is 1. The molecule has 2 fully saturated rings. The van der Waals surface area contributed by atoms with Gasteiger partial charge in [-0.15, -0.1) is 11.3 Å². The van der Waals surface area contributed by atoms with Gasteiger partial charge < -0.3 is 9.84 Å². The van der Waals surface area contributed by atoms with Crippen molar-refractivity contribution < 1.29 is 9.84 Å². The molecule has 1 N–H and O–H groups in total. The second-order valence-corrected chi connectivity index (χ2v) is 9.24. The highest BCUT2D eigenvalue weighted by Gasteiger charge is 2.37. The van der Waals surface area contributed by atoms with Crippen LogP contribution in [0.4, 0.5) is 0 Å². The van der Waals surface area contributed by atoms with Crippen LogP contribution in [0.1, 0.15) is 43.4 Å². The van der Waals surface area contributed by atoms with Gasteiger partial charge in [-0.3, -0.25) is 4.90 Å². The molecule has 4 rings (SSSR count). The molecule has 146 valence electrons. The minimum Gasteiger partial charge on any atom is -0.396 e. The zero-order chi connectivity index (χ0) is 18.5. The normalized spacial score (nSPS) is 23.4. The van der Waals surface area contributed by atoms with Crippen LogP contribution in [-0.2, 0) is 11.3 Å². The molecule has 0 bridgehead atoms. The van der Waals surface area contributed by atoms with Crippen molar-refractivity contribution in [1.82, 2.24) is 9.88 Å². The Bertz CT molecular complexity index is 704. The quantitative estimate of drug-likeness (QED) is 0.802. The summed E-state index contributed by atoms with van der Waals surface area (Å²) in [6, 6.07) is 10.4. The first-order valence-corrected chi connectivity index (χ1v) is 11.0. The molecule has 5 heteroatoms. The van der Waals surface area contributed by atoms with E-state index in [0.29, 0.717) is 12.7 Å². The zero-order valence-corrected chi connectivity index (χ0v) is 16.8. The third kappa shape index (κ3) is 4.77. The second kappa shape index (κ2) is 8.82. The molecule has 2 aliphatic heterocycles. The maximum Gasteiger partial charge on any atom is 0.123 e. The van der Waals surface area contributed by atoms with Crippen molar-refractivity contribution in [3.05, 3.63) is 41.4 Å². The van der Waals surface area contributed by atoms with Gasteiger partial charge in [-0.1, -0.05) is 30.3 Å². The van der Waals surface area contributed by atoms with E-state index >= 15 is 0 Å². The monoisotopic (exact) mass is 386 g/mol. The Kier molecular flexibility index (Phi) is 6.23. The summed E-state index contributed by atoms with van der Waals surface area (Å²) in [5.41, 5.74) is 1.25. The van der Waals surface area contributed by atoms with E-state index in [9.17, 15) is 5.11 Å². The Morgan fingerprint density at radius 1 is 1.19 bits per heavy atom. The molecule has 27 heavy (non-hydrogen) atoms. The Hall–Kier alpha value is -1.27. The van der Waals surface area contributed by atoms with Crippen LogP contribution in [0.5, 0.6) is 0 Å². The van der Waals surface area contributed by atoms with Crippen LogP contribution in [0.15, 0.2) is 36.5 Å². The first-order chi connectivity index (χ1) is 13.3. The van der Waals surface area contributed by atoms with Crippen LogP contribution >= 0.6 is 11.3 Å². The molecule has 0 aliphatic carbocycles. The smallest absolute Gasteiger partial charge is 0.123 e. The molecule has 1 aromatic carbocycles. The van der Waals surface area contributed by atoms with Crippen molar-refractivity contribution in [2.24, 2.45) is 5.41 Å². The van der Waals surface area contributed by atoms with Gasteiger partial charge in [-0.25, -0.2) is 4.98 Å². The van der Waals surface area contributed by atoms with Crippen molar-refractivity contribution >= 4 is 11.3 Å². The minimum absolute atomic E-state index is 0.0569. The summed E-state index contributed by atoms with van der Waals surface area (Å²) in [5.74, 6) is 0. The van der Waals surface area contributed by atoms with Crippen molar-refractivity contribution in [3.8, 4) is 10.6 Å². The number of ether oxygens (including phenoxy) is 1. The fourth-order valence-corrected chi connectivity index (χ4v) is 5.34. The van der Waals surface area contributed by atoms with Crippen LogP contribution < -0.4 is 0 Å². The topological polar surface area (TPSA) is 45.6 Å². The number of aliphatic hydroxyl groups excluding tert-OH is 1. The minimum atomic E-state index is 0.0569. The molecule has 0 amide bonds. The molecule has 0 radical (unpaired) electrons. The summed E-state index contributed by atoms with van der Waals surface area (Å²) in [4.78, 5) is 8.44. The molecule has 1 atom stereocenters. The van der Waals surface area contributed by atoms with Crippen molar-refractivity contribution in [2.45, 2.75) is 51.2 Å². The molecule has 3 heterocycles. The van der Waals surface area contributed by atoms with E-state index in [1.165, 1.54) is 23.3 Å². The molecule has 2 aromatic rings. The van der Waals surface area contributed by atoms with Gasteiger partial charge in [-0.2, -0.15) is 0 Å². The lowest BCUT2D eigenvalue weighted by Crippen LogP contribution is -2.44. The number of piperidine rings is 1. The molecule has 0 spiro atoms. The van der Waals surface area contributed by atoms with Gasteiger partial charge >= 0.3 is 0 Å². The summed E-state index contributed by atoms with van der Waals surface area (Å²) in [5, 5.41) is 11.2. The Morgan fingerprint density at radius 2 is 2.00 bits per heavy atom. The van der Waals surface area contributed by atoms with Gasteiger partial charge in [0.15, 0.2) is 0 Å². The van der Waals surface area contributed by atoms with Gasteiger partial charge in [-0.05, 0) is 57.0 Å². The summed E-state index contributed by atoms with van der Waals surface area (Å²) in [6.07, 6.45) is 9.15. The molecular weight excluding hydrogens is 356 g/mol. The van der Waals surface area contributed by atoms with Gasteiger partial charge in [0.25, 0.3) is 0 Å². The highest BCUT2D eigenvalue weighted by atomic mass is 32.1. The summed E-state index contributed by atoms with van der Waals surface area (Å²) >= 11 is 1.79. The third-order valence-electron chi connectivity index (χ3n) is 6.14. The molecule has 4 nitrogen and oxygen atoms in total. The van der Waals surface area contributed by atoms with Gasteiger partial charge in [0, 0.05) is 36.4 Å². The first kappa shape index (κ1) is 19.1. The first-order valence-electron chi connectivity index (χ1n) is 10.2. The number of hydrogen-bond acceptors (Lipinski definition) is 5. The van der Waals surface area contributed by atoms with E-state index in [4.69, 9.17) is 4.74 Å². The van der Waals surface area contributed by atoms with E-state index < -0.39 is 0 Å². The van der Waals surface area contributed by atoms with Crippen LogP contribution in [0, 0.1) is 5.41 Å². The fraction of sp³-hybridized carbons (Fsp3) is 0.591.